The third-order valence-electron chi connectivity index (χ3n) is 2.45. The highest BCUT2D eigenvalue weighted by atomic mass is 16.5. The Morgan fingerprint density at radius 1 is 1.38 bits per heavy atom. The lowest BCUT2D eigenvalue weighted by Crippen LogP contribution is -2.11. The molecule has 1 aromatic carbocycles. The van der Waals surface area contributed by atoms with E-state index in [9.17, 15) is 4.79 Å². The Balaban J connectivity index is 2.09. The number of hydrogen-bond donors (Lipinski definition) is 0. The third-order valence-corrected chi connectivity index (χ3v) is 2.45. The Kier molecular flexibility index (Phi) is 3.25. The fourth-order valence-corrected chi connectivity index (χ4v) is 1.65. The minimum absolute atomic E-state index is 0.102. The van der Waals surface area contributed by atoms with Crippen molar-refractivity contribution < 1.29 is 14.3 Å². The molecule has 0 aliphatic carbocycles. The number of ether oxygens (including phenoxy) is 2. The molecule has 3 nitrogen and oxygen atoms in total. The van der Waals surface area contributed by atoms with Crippen LogP contribution in [0.2, 0.25) is 0 Å². The zero-order valence-electron chi connectivity index (χ0n) is 9.18. The van der Waals surface area contributed by atoms with E-state index >= 15 is 0 Å². The first kappa shape index (κ1) is 10.7. The molecule has 3 heteroatoms. The molecule has 84 valence electrons. The maximum atomic E-state index is 11.2. The lowest BCUT2D eigenvalue weighted by molar-refractivity contribution is -0.118. The van der Waals surface area contributed by atoms with E-state index in [1.54, 1.807) is 0 Å². The van der Waals surface area contributed by atoms with Crippen molar-refractivity contribution in [2.45, 2.75) is 19.4 Å². The Morgan fingerprint density at radius 2 is 2.12 bits per heavy atom. The fraction of sp³-hybridized carbons (Fsp3) is 0.308. The van der Waals surface area contributed by atoms with E-state index in [4.69, 9.17) is 9.47 Å². The Morgan fingerprint density at radius 3 is 2.75 bits per heavy atom. The first-order valence-corrected chi connectivity index (χ1v) is 5.37. The molecule has 0 fully saturated rings. The summed E-state index contributed by atoms with van der Waals surface area (Å²) in [5.74, 6) is 0.939. The molecule has 1 unspecified atom stereocenters. The molecule has 0 N–H and O–H groups in total. The highest BCUT2D eigenvalue weighted by Gasteiger charge is 2.18. The van der Waals surface area contributed by atoms with Crippen molar-refractivity contribution in [1.82, 2.24) is 0 Å². The number of allylic oxidation sites excluding steroid dienone is 1. The summed E-state index contributed by atoms with van der Waals surface area (Å²) in [5.41, 5.74) is 1.00. The van der Waals surface area contributed by atoms with E-state index in [0.717, 1.165) is 11.3 Å². The van der Waals surface area contributed by atoms with Crippen LogP contribution in [0, 0.1) is 0 Å². The topological polar surface area (TPSA) is 35.5 Å². The minimum Gasteiger partial charge on any atom is -0.494 e. The van der Waals surface area contributed by atoms with E-state index < -0.39 is 0 Å². The molecule has 1 aliphatic heterocycles. The maximum absolute atomic E-state index is 11.2. The largest absolute Gasteiger partial charge is 0.494 e. The minimum atomic E-state index is -0.159. The van der Waals surface area contributed by atoms with Gasteiger partial charge in [0.25, 0.3) is 0 Å². The van der Waals surface area contributed by atoms with Gasteiger partial charge in [0, 0.05) is 6.08 Å². The van der Waals surface area contributed by atoms with E-state index in [1.165, 1.54) is 12.3 Å². The molecular formula is C13H14O3. The van der Waals surface area contributed by atoms with Crippen molar-refractivity contribution in [3.8, 4) is 5.75 Å². The molecule has 0 amide bonds. The van der Waals surface area contributed by atoms with E-state index in [-0.39, 0.29) is 11.9 Å². The molecule has 1 atom stereocenters. The molecule has 0 aromatic heterocycles. The Hall–Kier alpha value is -1.77. The predicted octanol–water partition coefficient (Wildman–Crippen LogP) is 2.63. The zero-order valence-corrected chi connectivity index (χ0v) is 9.18. The van der Waals surface area contributed by atoms with E-state index in [2.05, 4.69) is 0 Å². The highest BCUT2D eigenvalue weighted by molar-refractivity contribution is 5.90. The molecule has 0 saturated heterocycles. The molecule has 1 heterocycles. The average molecular weight is 218 g/mol. The number of carbonyl (C=O) groups is 1. The smallest absolute Gasteiger partial charge is 0.162 e. The molecule has 0 radical (unpaired) electrons. The number of hydrogen-bond acceptors (Lipinski definition) is 3. The van der Waals surface area contributed by atoms with Crippen LogP contribution in [0.15, 0.2) is 36.6 Å². The standard InChI is InChI=1S/C13H14O3/c1-2-15-12-5-3-10(4-6-12)13-9-11(14)7-8-16-13/h3-8,13H,2,9H2,1H3. The lowest BCUT2D eigenvalue weighted by atomic mass is 10.0. The summed E-state index contributed by atoms with van der Waals surface area (Å²) in [6, 6.07) is 7.65. The van der Waals surface area contributed by atoms with Gasteiger partial charge in [-0.15, -0.1) is 0 Å². The third kappa shape index (κ3) is 2.42. The lowest BCUT2D eigenvalue weighted by Gasteiger charge is -2.19. The number of benzene rings is 1. The van der Waals surface area contributed by atoms with Gasteiger partial charge in [-0.25, -0.2) is 0 Å². The van der Waals surface area contributed by atoms with Crippen LogP contribution in [0.4, 0.5) is 0 Å². The second-order valence-electron chi connectivity index (χ2n) is 3.60. The SMILES string of the molecule is CCOc1ccc(C2CC(=O)C=CO2)cc1. The molecule has 0 bridgehead atoms. The first-order chi connectivity index (χ1) is 7.79. The number of carbonyl (C=O) groups excluding carboxylic acids is 1. The van der Waals surface area contributed by atoms with Crippen LogP contribution in [0.5, 0.6) is 5.75 Å². The van der Waals surface area contributed by atoms with Gasteiger partial charge in [-0.05, 0) is 24.6 Å². The Bertz CT molecular complexity index is 392. The maximum Gasteiger partial charge on any atom is 0.162 e. The van der Waals surface area contributed by atoms with E-state index in [0.29, 0.717) is 13.0 Å². The summed E-state index contributed by atoms with van der Waals surface area (Å²) < 4.78 is 10.7. The zero-order chi connectivity index (χ0) is 11.4. The number of ketones is 1. The van der Waals surface area contributed by atoms with Gasteiger partial charge in [-0.2, -0.15) is 0 Å². The second-order valence-corrected chi connectivity index (χ2v) is 3.60. The van der Waals surface area contributed by atoms with Crippen molar-refractivity contribution in [3.63, 3.8) is 0 Å². The van der Waals surface area contributed by atoms with Gasteiger partial charge in [-0.1, -0.05) is 12.1 Å². The van der Waals surface area contributed by atoms with Crippen LogP contribution >= 0.6 is 0 Å². The van der Waals surface area contributed by atoms with Gasteiger partial charge < -0.3 is 9.47 Å². The molecular weight excluding hydrogens is 204 g/mol. The quantitative estimate of drug-likeness (QED) is 0.782. The molecule has 1 aliphatic rings. The van der Waals surface area contributed by atoms with Crippen LogP contribution in [0.1, 0.15) is 25.0 Å². The van der Waals surface area contributed by atoms with Gasteiger partial charge in [0.2, 0.25) is 0 Å². The van der Waals surface area contributed by atoms with Crippen LogP contribution in [0.25, 0.3) is 0 Å². The van der Waals surface area contributed by atoms with Gasteiger partial charge in [0.1, 0.15) is 11.9 Å². The van der Waals surface area contributed by atoms with Gasteiger partial charge in [0.05, 0.1) is 19.3 Å². The summed E-state index contributed by atoms with van der Waals surface area (Å²) in [7, 11) is 0. The van der Waals surface area contributed by atoms with Crippen LogP contribution in [-0.4, -0.2) is 12.4 Å². The number of rotatable bonds is 3. The van der Waals surface area contributed by atoms with Crippen LogP contribution in [0.3, 0.4) is 0 Å². The summed E-state index contributed by atoms with van der Waals surface area (Å²) in [4.78, 5) is 11.2. The molecule has 0 saturated carbocycles. The summed E-state index contributed by atoms with van der Waals surface area (Å²) in [6.45, 7) is 2.60. The monoisotopic (exact) mass is 218 g/mol. The highest BCUT2D eigenvalue weighted by Crippen LogP contribution is 2.26. The molecule has 0 spiro atoms. The van der Waals surface area contributed by atoms with Crippen molar-refractivity contribution in [2.75, 3.05) is 6.61 Å². The molecule has 16 heavy (non-hydrogen) atoms. The normalized spacial score (nSPS) is 19.3. The van der Waals surface area contributed by atoms with Crippen LogP contribution < -0.4 is 4.74 Å². The Labute approximate surface area is 94.7 Å². The molecule has 2 rings (SSSR count). The summed E-state index contributed by atoms with van der Waals surface area (Å²) in [5, 5.41) is 0. The van der Waals surface area contributed by atoms with Crippen molar-refractivity contribution in [1.29, 1.82) is 0 Å². The van der Waals surface area contributed by atoms with E-state index in [1.807, 2.05) is 31.2 Å². The van der Waals surface area contributed by atoms with Crippen molar-refractivity contribution >= 4 is 5.78 Å². The van der Waals surface area contributed by atoms with Gasteiger partial charge in [0.15, 0.2) is 5.78 Å². The van der Waals surface area contributed by atoms with Gasteiger partial charge in [-0.3, -0.25) is 4.79 Å². The van der Waals surface area contributed by atoms with Crippen molar-refractivity contribution in [2.24, 2.45) is 0 Å². The van der Waals surface area contributed by atoms with Crippen molar-refractivity contribution in [3.05, 3.63) is 42.2 Å². The summed E-state index contributed by atoms with van der Waals surface area (Å²) in [6.07, 6.45) is 3.18. The average Bonchev–Trinajstić information content (AvgIpc) is 2.30. The van der Waals surface area contributed by atoms with Crippen LogP contribution in [-0.2, 0) is 9.53 Å². The second kappa shape index (κ2) is 4.84. The summed E-state index contributed by atoms with van der Waals surface area (Å²) >= 11 is 0. The fourth-order valence-electron chi connectivity index (χ4n) is 1.65. The molecule has 1 aromatic rings. The first-order valence-electron chi connectivity index (χ1n) is 5.37. The van der Waals surface area contributed by atoms with Gasteiger partial charge >= 0.3 is 0 Å². The predicted molar refractivity (Wildman–Crippen MR) is 60.2 cm³/mol.